The number of nitrogens with zero attached hydrogens (tertiary/aromatic N) is 2. The van der Waals surface area contributed by atoms with Gasteiger partial charge in [-0.25, -0.2) is 0 Å². The molecule has 0 spiro atoms. The van der Waals surface area contributed by atoms with Crippen LogP contribution in [0.25, 0.3) is 44.2 Å². The summed E-state index contributed by atoms with van der Waals surface area (Å²) in [6.45, 7) is 31.4. The van der Waals surface area contributed by atoms with E-state index >= 15 is 0 Å². The Balaban J connectivity index is 1.22. The van der Waals surface area contributed by atoms with Crippen LogP contribution in [0.2, 0.25) is 0 Å². The quantitative estimate of drug-likeness (QED) is 0.161. The first-order chi connectivity index (χ1) is 32.6. The van der Waals surface area contributed by atoms with E-state index in [-0.39, 0.29) is 39.3 Å². The normalized spacial score (nSPS) is 19.3. The van der Waals surface area contributed by atoms with Crippen molar-refractivity contribution in [3.8, 4) is 22.3 Å². The molecule has 0 amide bonds. The van der Waals surface area contributed by atoms with Crippen LogP contribution in [-0.2, 0) is 32.5 Å². The number of benzene rings is 7. The average molecular weight is 903 g/mol. The molecule has 13 rings (SSSR count). The molecular weight excluding hydrogens is 836 g/mol. The molecule has 0 atom stereocenters. The highest BCUT2D eigenvalue weighted by molar-refractivity contribution is 6.94. The standard InChI is InChI=1S/C65H67BN2O/c1-60(2,3)38-22-24-39(25-23-38)68-54-36-49-43(41-18-14-16-20-47(41)65(49,12)13)33-44(54)45-34-46-42-19-15-17-21-56(42)69-59(46)58-57(45)66(68)53-35-51-52(64(10,11)31-30-63(51,8)9)37-55(53)67(58)40-26-27-48-50(32-40)62(6,7)29-28-61(48,4)5/h14-27,32-37H,28-31H2,1-13H3. The van der Waals surface area contributed by atoms with E-state index in [1.165, 1.54) is 112 Å². The van der Waals surface area contributed by atoms with Crippen LogP contribution in [0.4, 0.5) is 28.4 Å². The predicted molar refractivity (Wildman–Crippen MR) is 294 cm³/mol. The van der Waals surface area contributed by atoms with Gasteiger partial charge < -0.3 is 14.1 Å². The molecule has 2 aliphatic heterocycles. The molecule has 7 aromatic carbocycles. The van der Waals surface area contributed by atoms with Crippen molar-refractivity contribution in [3.63, 3.8) is 0 Å². The number of furan rings is 1. The Hall–Kier alpha value is -6.00. The van der Waals surface area contributed by atoms with E-state index in [0.717, 1.165) is 35.8 Å². The maximum atomic E-state index is 7.33. The van der Waals surface area contributed by atoms with E-state index in [4.69, 9.17) is 4.42 Å². The molecule has 0 saturated heterocycles. The third kappa shape index (κ3) is 5.87. The van der Waals surface area contributed by atoms with Crippen molar-refractivity contribution in [1.82, 2.24) is 0 Å². The highest BCUT2D eigenvalue weighted by Gasteiger charge is 2.50. The van der Waals surface area contributed by atoms with Gasteiger partial charge in [-0.1, -0.05) is 157 Å². The van der Waals surface area contributed by atoms with E-state index in [1.807, 2.05) is 0 Å². The highest BCUT2D eigenvalue weighted by Crippen LogP contribution is 2.58. The van der Waals surface area contributed by atoms with E-state index in [2.05, 4.69) is 221 Å². The van der Waals surface area contributed by atoms with Gasteiger partial charge in [-0.3, -0.25) is 0 Å². The Kier molecular flexibility index (Phi) is 8.52. The number of para-hydroxylation sites is 1. The Labute approximate surface area is 411 Å². The van der Waals surface area contributed by atoms with Crippen LogP contribution in [0.1, 0.15) is 155 Å². The number of hydrogen-bond donors (Lipinski definition) is 0. The molecule has 1 aromatic heterocycles. The van der Waals surface area contributed by atoms with E-state index in [0.29, 0.717) is 0 Å². The predicted octanol–water partition coefficient (Wildman–Crippen LogP) is 16.6. The van der Waals surface area contributed by atoms with Gasteiger partial charge in [0.25, 0.3) is 0 Å². The largest absolute Gasteiger partial charge is 0.454 e. The van der Waals surface area contributed by atoms with Crippen molar-refractivity contribution < 1.29 is 4.42 Å². The molecule has 0 saturated carbocycles. The fourth-order valence-electron chi connectivity index (χ4n) is 13.8. The summed E-state index contributed by atoms with van der Waals surface area (Å²) < 4.78 is 7.33. The summed E-state index contributed by atoms with van der Waals surface area (Å²) in [6, 6.07) is 47.9. The van der Waals surface area contributed by atoms with Crippen LogP contribution in [0.3, 0.4) is 0 Å². The molecule has 8 aromatic rings. The van der Waals surface area contributed by atoms with E-state index in [1.54, 1.807) is 0 Å². The monoisotopic (exact) mass is 903 g/mol. The second kappa shape index (κ2) is 13.7. The minimum atomic E-state index is -0.163. The third-order valence-corrected chi connectivity index (χ3v) is 18.3. The third-order valence-electron chi connectivity index (χ3n) is 18.3. The second-order valence-electron chi connectivity index (χ2n) is 25.9. The van der Waals surface area contributed by atoms with Gasteiger partial charge in [0.15, 0.2) is 5.58 Å². The van der Waals surface area contributed by atoms with E-state index < -0.39 is 0 Å². The van der Waals surface area contributed by atoms with Gasteiger partial charge in [-0.2, -0.15) is 0 Å². The summed E-state index contributed by atoms with van der Waals surface area (Å²) in [4.78, 5) is 5.41. The zero-order valence-electron chi connectivity index (χ0n) is 43.3. The highest BCUT2D eigenvalue weighted by atomic mass is 16.3. The molecule has 3 nitrogen and oxygen atoms in total. The van der Waals surface area contributed by atoms with Gasteiger partial charge in [-0.15, -0.1) is 0 Å². The summed E-state index contributed by atoms with van der Waals surface area (Å²) in [6.07, 6.45) is 4.64. The maximum absolute atomic E-state index is 7.33. The molecule has 69 heavy (non-hydrogen) atoms. The number of rotatable bonds is 2. The molecule has 0 radical (unpaired) electrons. The van der Waals surface area contributed by atoms with Crippen LogP contribution in [-0.4, -0.2) is 6.85 Å². The SMILES string of the molecule is CC(C)(C)c1ccc(N2B3c4cc5c(cc4N(c4ccc6c(c4)C(C)(C)CCC6(C)C)c4c3c(cc3c4oc4ccccc43)-c3cc4c(cc32)C(C)(C)c2ccccc2-4)C(C)(C)CCC5(C)C)cc1. The lowest BCUT2D eigenvalue weighted by atomic mass is 9.42. The molecule has 0 N–H and O–H groups in total. The molecule has 4 heteroatoms. The number of anilines is 5. The molecule has 0 bridgehead atoms. The van der Waals surface area contributed by atoms with Crippen molar-refractivity contribution in [3.05, 3.63) is 160 Å². The van der Waals surface area contributed by atoms with E-state index in [9.17, 15) is 0 Å². The molecule has 3 aliphatic carbocycles. The first-order valence-electron chi connectivity index (χ1n) is 25.9. The van der Waals surface area contributed by atoms with Gasteiger partial charge in [0.2, 0.25) is 0 Å². The Morgan fingerprint density at radius 1 is 0.478 bits per heavy atom. The van der Waals surface area contributed by atoms with Crippen molar-refractivity contribution >= 4 is 68.1 Å². The van der Waals surface area contributed by atoms with Gasteiger partial charge in [0, 0.05) is 44.5 Å². The summed E-state index contributed by atoms with van der Waals surface area (Å²) in [7, 11) is 0. The molecule has 3 heterocycles. The van der Waals surface area contributed by atoms with Gasteiger partial charge in [0.1, 0.15) is 5.58 Å². The summed E-state index contributed by atoms with van der Waals surface area (Å²) in [5.41, 5.74) is 26.0. The molecular formula is C65H67BN2O. The fourth-order valence-corrected chi connectivity index (χ4v) is 13.8. The minimum Gasteiger partial charge on any atom is -0.454 e. The number of fused-ring (bicyclic) bond motifs is 13. The topological polar surface area (TPSA) is 19.6 Å². The number of hydrogen-bond acceptors (Lipinski definition) is 3. The Bertz CT molecular complexity index is 3530. The molecule has 0 fully saturated rings. The minimum absolute atomic E-state index is 0.00695. The van der Waals surface area contributed by atoms with Crippen molar-refractivity contribution in [2.24, 2.45) is 0 Å². The van der Waals surface area contributed by atoms with Gasteiger partial charge in [0.05, 0.1) is 5.69 Å². The van der Waals surface area contributed by atoms with Crippen molar-refractivity contribution in [2.45, 2.75) is 148 Å². The van der Waals surface area contributed by atoms with Crippen LogP contribution < -0.4 is 20.6 Å². The molecule has 346 valence electrons. The van der Waals surface area contributed by atoms with Crippen molar-refractivity contribution in [2.75, 3.05) is 9.71 Å². The van der Waals surface area contributed by atoms with Crippen LogP contribution >= 0.6 is 0 Å². The first kappa shape index (κ1) is 43.1. The zero-order valence-corrected chi connectivity index (χ0v) is 43.3. The summed E-state index contributed by atoms with van der Waals surface area (Å²) >= 11 is 0. The zero-order chi connectivity index (χ0) is 48.1. The maximum Gasteiger partial charge on any atom is 0.333 e. The lowest BCUT2D eigenvalue weighted by Crippen LogP contribution is -2.62. The van der Waals surface area contributed by atoms with Crippen molar-refractivity contribution in [1.29, 1.82) is 0 Å². The fraction of sp³-hybridized carbons (Fsp3) is 0.354. The smallest absolute Gasteiger partial charge is 0.333 e. The molecule has 5 aliphatic rings. The Morgan fingerprint density at radius 3 is 1.77 bits per heavy atom. The summed E-state index contributed by atoms with van der Waals surface area (Å²) in [5, 5.41) is 2.32. The lowest BCUT2D eigenvalue weighted by molar-refractivity contribution is 0.332. The van der Waals surface area contributed by atoms with Crippen LogP contribution in [0, 0.1) is 0 Å². The van der Waals surface area contributed by atoms with Gasteiger partial charge in [-0.05, 0) is 174 Å². The summed E-state index contributed by atoms with van der Waals surface area (Å²) in [5.74, 6) is 0. The second-order valence-corrected chi connectivity index (χ2v) is 25.9. The van der Waals surface area contributed by atoms with Gasteiger partial charge >= 0.3 is 6.85 Å². The first-order valence-corrected chi connectivity index (χ1v) is 25.9. The Morgan fingerprint density at radius 2 is 1.07 bits per heavy atom. The molecule has 0 unspecified atom stereocenters. The van der Waals surface area contributed by atoms with Crippen LogP contribution in [0.15, 0.2) is 126 Å². The van der Waals surface area contributed by atoms with Crippen LogP contribution in [0.5, 0.6) is 0 Å². The lowest BCUT2D eigenvalue weighted by Gasteiger charge is -2.49. The average Bonchev–Trinajstić information content (AvgIpc) is 3.79.